The minimum Gasteiger partial charge on any atom is -0.318 e. The molecule has 0 N–H and O–H groups in total. The summed E-state index contributed by atoms with van der Waals surface area (Å²) in [7, 11) is 0. The van der Waals surface area contributed by atoms with E-state index in [4.69, 9.17) is 0 Å². The summed E-state index contributed by atoms with van der Waals surface area (Å²) >= 11 is 0. The van der Waals surface area contributed by atoms with Crippen LogP contribution in [-0.4, -0.2) is 36.9 Å². The molecule has 0 spiro atoms. The standard InChI is InChI=1S/C9H10F10O/c1-2-3-4-20-7(13,14)5(10)6(11,12)8(15,16)9(17,18)19/h5H,2-4H2,1H3. The first-order valence-corrected chi connectivity index (χ1v) is 5.20. The van der Waals surface area contributed by atoms with Crippen molar-refractivity contribution in [3.05, 3.63) is 0 Å². The molecule has 0 fully saturated rings. The van der Waals surface area contributed by atoms with Gasteiger partial charge in [0.25, 0.3) is 6.17 Å². The first-order chi connectivity index (χ1) is 8.72. The Morgan fingerprint density at radius 3 is 1.70 bits per heavy atom. The van der Waals surface area contributed by atoms with Gasteiger partial charge in [-0.1, -0.05) is 13.3 Å². The molecule has 0 aliphatic heterocycles. The van der Waals surface area contributed by atoms with E-state index >= 15 is 0 Å². The van der Waals surface area contributed by atoms with Crippen LogP contribution >= 0.6 is 0 Å². The average Bonchev–Trinajstić information content (AvgIpc) is 2.26. The third kappa shape index (κ3) is 3.67. The summed E-state index contributed by atoms with van der Waals surface area (Å²) in [6.07, 6.45) is -17.4. The van der Waals surface area contributed by atoms with Crippen molar-refractivity contribution in [2.75, 3.05) is 6.61 Å². The van der Waals surface area contributed by atoms with E-state index in [1.807, 2.05) is 0 Å². The molecule has 122 valence electrons. The van der Waals surface area contributed by atoms with Crippen molar-refractivity contribution in [1.82, 2.24) is 0 Å². The normalized spacial score (nSPS) is 16.4. The van der Waals surface area contributed by atoms with Gasteiger partial charge in [-0.05, 0) is 6.42 Å². The van der Waals surface area contributed by atoms with E-state index in [2.05, 4.69) is 4.74 Å². The summed E-state index contributed by atoms with van der Waals surface area (Å²) in [5.41, 5.74) is 0. The highest BCUT2D eigenvalue weighted by Gasteiger charge is 2.79. The van der Waals surface area contributed by atoms with Gasteiger partial charge in [0.1, 0.15) is 0 Å². The topological polar surface area (TPSA) is 9.23 Å². The molecule has 0 aliphatic carbocycles. The maximum atomic E-state index is 12.8. The lowest BCUT2D eigenvalue weighted by Gasteiger charge is -2.33. The number of hydrogen-bond donors (Lipinski definition) is 0. The molecule has 1 atom stereocenters. The van der Waals surface area contributed by atoms with Crippen LogP contribution in [0, 0.1) is 0 Å². The predicted octanol–water partition coefficient (Wildman–Crippen LogP) is 4.57. The highest BCUT2D eigenvalue weighted by molar-refractivity contribution is 4.98. The fourth-order valence-electron chi connectivity index (χ4n) is 0.985. The Morgan fingerprint density at radius 1 is 0.900 bits per heavy atom. The smallest absolute Gasteiger partial charge is 0.318 e. The first kappa shape index (κ1) is 19.3. The number of halogens is 10. The van der Waals surface area contributed by atoms with E-state index in [0.29, 0.717) is 0 Å². The molecule has 0 radical (unpaired) electrons. The lowest BCUT2D eigenvalue weighted by atomic mass is 10.1. The zero-order valence-electron chi connectivity index (χ0n) is 9.89. The molecule has 0 amide bonds. The maximum absolute atomic E-state index is 12.8. The minimum absolute atomic E-state index is 0.149. The van der Waals surface area contributed by atoms with E-state index < -0.39 is 36.9 Å². The summed E-state index contributed by atoms with van der Waals surface area (Å²) in [6.45, 7) is 0.485. The van der Waals surface area contributed by atoms with Gasteiger partial charge >= 0.3 is 24.1 Å². The third-order valence-electron chi connectivity index (χ3n) is 2.18. The molecular formula is C9H10F10O. The Morgan fingerprint density at radius 2 is 1.35 bits per heavy atom. The lowest BCUT2D eigenvalue weighted by molar-refractivity contribution is -0.398. The van der Waals surface area contributed by atoms with Crippen LogP contribution in [0.3, 0.4) is 0 Å². The van der Waals surface area contributed by atoms with Gasteiger partial charge in [0, 0.05) is 0 Å². The summed E-state index contributed by atoms with van der Waals surface area (Å²) in [6, 6.07) is 0. The van der Waals surface area contributed by atoms with Crippen LogP contribution in [0.1, 0.15) is 19.8 Å². The Labute approximate surface area is 106 Å². The second-order valence-corrected chi connectivity index (χ2v) is 3.82. The molecular weight excluding hydrogens is 314 g/mol. The monoisotopic (exact) mass is 324 g/mol. The number of alkyl halides is 10. The van der Waals surface area contributed by atoms with E-state index in [-0.39, 0.29) is 12.8 Å². The molecule has 1 nitrogen and oxygen atoms in total. The van der Waals surface area contributed by atoms with Crippen LogP contribution < -0.4 is 0 Å². The SMILES string of the molecule is CCCCOC(F)(F)C(F)C(F)(F)C(F)(F)C(F)(F)F. The number of rotatable bonds is 7. The van der Waals surface area contributed by atoms with Crippen molar-refractivity contribution >= 4 is 0 Å². The van der Waals surface area contributed by atoms with Gasteiger partial charge in [-0.25, -0.2) is 4.39 Å². The Bertz CT molecular complexity index is 310. The van der Waals surface area contributed by atoms with Crippen LogP contribution in [0.4, 0.5) is 43.9 Å². The van der Waals surface area contributed by atoms with Crippen molar-refractivity contribution in [1.29, 1.82) is 0 Å². The van der Waals surface area contributed by atoms with Gasteiger partial charge < -0.3 is 4.74 Å². The highest BCUT2D eigenvalue weighted by atomic mass is 19.4. The second-order valence-electron chi connectivity index (χ2n) is 3.82. The van der Waals surface area contributed by atoms with Gasteiger partial charge in [-0.2, -0.15) is 39.5 Å². The van der Waals surface area contributed by atoms with Crippen molar-refractivity contribution in [3.63, 3.8) is 0 Å². The van der Waals surface area contributed by atoms with Crippen molar-refractivity contribution < 1.29 is 48.6 Å². The summed E-state index contributed by atoms with van der Waals surface area (Å²) in [4.78, 5) is 0. The van der Waals surface area contributed by atoms with Gasteiger partial charge in [0.2, 0.25) is 0 Å². The molecule has 0 saturated carbocycles. The van der Waals surface area contributed by atoms with Crippen molar-refractivity contribution in [2.24, 2.45) is 0 Å². The first-order valence-electron chi connectivity index (χ1n) is 5.20. The quantitative estimate of drug-likeness (QED) is 0.492. The molecule has 11 heteroatoms. The predicted molar refractivity (Wildman–Crippen MR) is 46.7 cm³/mol. The Kier molecular flexibility index (Phi) is 5.72. The van der Waals surface area contributed by atoms with E-state index in [0.717, 1.165) is 0 Å². The summed E-state index contributed by atoms with van der Waals surface area (Å²) in [5.74, 6) is -13.6. The van der Waals surface area contributed by atoms with Gasteiger partial charge in [0.15, 0.2) is 0 Å². The molecule has 0 aromatic rings. The zero-order chi connectivity index (χ0) is 16.4. The fourth-order valence-corrected chi connectivity index (χ4v) is 0.985. The maximum Gasteiger partial charge on any atom is 0.459 e. The Hall–Kier alpha value is -0.740. The van der Waals surface area contributed by atoms with Crippen molar-refractivity contribution in [2.45, 2.75) is 50.1 Å². The molecule has 20 heavy (non-hydrogen) atoms. The second kappa shape index (κ2) is 5.94. The zero-order valence-corrected chi connectivity index (χ0v) is 9.89. The van der Waals surface area contributed by atoms with E-state index in [1.54, 1.807) is 0 Å². The highest BCUT2D eigenvalue weighted by Crippen LogP contribution is 2.51. The van der Waals surface area contributed by atoms with Crippen LogP contribution in [0.25, 0.3) is 0 Å². The molecule has 0 bridgehead atoms. The largest absolute Gasteiger partial charge is 0.459 e. The lowest BCUT2D eigenvalue weighted by Crippen LogP contribution is -2.61. The van der Waals surface area contributed by atoms with Crippen LogP contribution in [0.2, 0.25) is 0 Å². The van der Waals surface area contributed by atoms with Crippen LogP contribution in [0.5, 0.6) is 0 Å². The van der Waals surface area contributed by atoms with E-state index in [9.17, 15) is 43.9 Å². The number of hydrogen-bond acceptors (Lipinski definition) is 1. The number of unbranched alkanes of at least 4 members (excludes halogenated alkanes) is 1. The van der Waals surface area contributed by atoms with Gasteiger partial charge in [0.05, 0.1) is 6.61 Å². The molecule has 0 saturated heterocycles. The van der Waals surface area contributed by atoms with Crippen LogP contribution in [-0.2, 0) is 4.74 Å². The molecule has 1 unspecified atom stereocenters. The summed E-state index contributed by atoms with van der Waals surface area (Å²) < 4.78 is 127. The van der Waals surface area contributed by atoms with E-state index in [1.165, 1.54) is 6.92 Å². The van der Waals surface area contributed by atoms with Gasteiger partial charge in [-0.15, -0.1) is 0 Å². The Balaban J connectivity index is 5.19. The van der Waals surface area contributed by atoms with Crippen LogP contribution in [0.15, 0.2) is 0 Å². The number of ether oxygens (including phenoxy) is 1. The van der Waals surface area contributed by atoms with Gasteiger partial charge in [-0.3, -0.25) is 0 Å². The molecule has 0 aliphatic rings. The summed E-state index contributed by atoms with van der Waals surface area (Å²) in [5, 5.41) is 0. The minimum atomic E-state index is -6.96. The average molecular weight is 324 g/mol. The van der Waals surface area contributed by atoms with Crippen molar-refractivity contribution in [3.8, 4) is 0 Å². The molecule has 0 aromatic carbocycles. The molecule has 0 rings (SSSR count). The fraction of sp³-hybridized carbons (Fsp3) is 1.00. The third-order valence-corrected chi connectivity index (χ3v) is 2.18. The molecule has 0 heterocycles. The molecule has 0 aromatic heterocycles.